The van der Waals surface area contributed by atoms with Crippen LogP contribution >= 0.6 is 0 Å². The van der Waals surface area contributed by atoms with Gasteiger partial charge in [-0.05, 0) is 30.3 Å². The number of nitrogens with zero attached hydrogens (tertiary/aromatic N) is 1. The molecule has 0 saturated carbocycles. The smallest absolute Gasteiger partial charge is 0.256 e. The normalized spacial score (nSPS) is 17.8. The Morgan fingerprint density at radius 2 is 1.89 bits per heavy atom. The van der Waals surface area contributed by atoms with Crippen molar-refractivity contribution in [2.45, 2.75) is 24.9 Å². The molecule has 2 heterocycles. The molecule has 28 heavy (non-hydrogen) atoms. The minimum Gasteiger partial charge on any atom is -0.497 e. The minimum atomic E-state index is -0.753. The summed E-state index contributed by atoms with van der Waals surface area (Å²) in [7, 11) is 1.54. The Balaban J connectivity index is 1.51. The molecule has 2 aliphatic rings. The number of Topliss-reactive ketones (excluding diaryl/α,β-unsaturated/α-hetero) is 1. The monoisotopic (exact) mass is 387 g/mol. The standard InChI is InChI=1S/C21H19F2NO4/c1-27-14-3-4-15-18(25)12-21(28-19(15)11-14)6-8-24(9-7-21)20(26)16-10-13(22)2-5-17(16)23/h2-5,10-11H,6-9,12H2,1H3. The molecule has 7 heteroatoms. The van der Waals surface area contributed by atoms with Crippen LogP contribution in [0.4, 0.5) is 8.78 Å². The van der Waals surface area contributed by atoms with E-state index in [0.717, 1.165) is 18.2 Å². The Bertz CT molecular complexity index is 951. The number of likely N-dealkylation sites (tertiary alicyclic amines) is 1. The number of rotatable bonds is 2. The Labute approximate surface area is 160 Å². The molecular formula is C21H19F2NO4. The molecule has 1 amide bonds. The summed E-state index contributed by atoms with van der Waals surface area (Å²) in [6, 6.07) is 7.92. The third kappa shape index (κ3) is 3.21. The number of halogens is 2. The predicted molar refractivity (Wildman–Crippen MR) is 96.8 cm³/mol. The summed E-state index contributed by atoms with van der Waals surface area (Å²) in [5, 5.41) is 0. The lowest BCUT2D eigenvalue weighted by Gasteiger charge is -2.44. The number of carbonyl (C=O) groups is 2. The van der Waals surface area contributed by atoms with E-state index in [2.05, 4.69) is 0 Å². The molecule has 0 N–H and O–H groups in total. The van der Waals surface area contributed by atoms with Gasteiger partial charge in [0.25, 0.3) is 5.91 Å². The fraction of sp³-hybridized carbons (Fsp3) is 0.333. The summed E-state index contributed by atoms with van der Waals surface area (Å²) < 4.78 is 38.7. The second-order valence-corrected chi connectivity index (χ2v) is 7.16. The maximum absolute atomic E-state index is 13.9. The molecule has 4 rings (SSSR count). The Kier molecular flexibility index (Phi) is 4.53. The van der Waals surface area contributed by atoms with E-state index in [0.29, 0.717) is 43.0 Å². The fourth-order valence-electron chi connectivity index (χ4n) is 3.83. The summed E-state index contributed by atoms with van der Waals surface area (Å²) >= 11 is 0. The number of hydrogen-bond acceptors (Lipinski definition) is 4. The largest absolute Gasteiger partial charge is 0.497 e. The van der Waals surface area contributed by atoms with Gasteiger partial charge in [-0.15, -0.1) is 0 Å². The first kappa shape index (κ1) is 18.4. The summed E-state index contributed by atoms with van der Waals surface area (Å²) in [4.78, 5) is 26.6. The van der Waals surface area contributed by atoms with Crippen molar-refractivity contribution in [2.24, 2.45) is 0 Å². The van der Waals surface area contributed by atoms with Crippen molar-refractivity contribution in [3.63, 3.8) is 0 Å². The molecule has 1 saturated heterocycles. The van der Waals surface area contributed by atoms with Gasteiger partial charge in [0.2, 0.25) is 0 Å². The lowest BCUT2D eigenvalue weighted by atomic mass is 9.82. The van der Waals surface area contributed by atoms with Gasteiger partial charge in [-0.1, -0.05) is 0 Å². The number of fused-ring (bicyclic) bond motifs is 1. The number of benzene rings is 2. The maximum atomic E-state index is 13.9. The molecule has 2 aliphatic heterocycles. The van der Waals surface area contributed by atoms with Crippen LogP contribution in [0, 0.1) is 11.6 Å². The van der Waals surface area contributed by atoms with Crippen molar-refractivity contribution >= 4 is 11.7 Å². The molecule has 146 valence electrons. The molecule has 0 unspecified atom stereocenters. The Morgan fingerprint density at radius 1 is 1.14 bits per heavy atom. The topological polar surface area (TPSA) is 55.8 Å². The number of ketones is 1. The van der Waals surface area contributed by atoms with Crippen molar-refractivity contribution < 1.29 is 27.8 Å². The van der Waals surface area contributed by atoms with Gasteiger partial charge in [-0.3, -0.25) is 9.59 Å². The molecule has 5 nitrogen and oxygen atoms in total. The zero-order valence-electron chi connectivity index (χ0n) is 15.3. The van der Waals surface area contributed by atoms with E-state index in [1.807, 2.05) is 0 Å². The van der Waals surface area contributed by atoms with Crippen molar-refractivity contribution in [2.75, 3.05) is 20.2 Å². The fourth-order valence-corrected chi connectivity index (χ4v) is 3.83. The van der Waals surface area contributed by atoms with E-state index in [4.69, 9.17) is 9.47 Å². The number of hydrogen-bond donors (Lipinski definition) is 0. The number of carbonyl (C=O) groups excluding carboxylic acids is 2. The zero-order valence-corrected chi connectivity index (χ0v) is 15.3. The highest BCUT2D eigenvalue weighted by Gasteiger charge is 2.44. The molecular weight excluding hydrogens is 368 g/mol. The van der Waals surface area contributed by atoms with Gasteiger partial charge in [0, 0.05) is 32.0 Å². The van der Waals surface area contributed by atoms with Crippen LogP contribution in [-0.4, -0.2) is 42.4 Å². The third-order valence-electron chi connectivity index (χ3n) is 5.42. The van der Waals surface area contributed by atoms with Gasteiger partial charge in [-0.2, -0.15) is 0 Å². The highest BCUT2D eigenvalue weighted by atomic mass is 19.1. The molecule has 0 radical (unpaired) electrons. The van der Waals surface area contributed by atoms with E-state index in [9.17, 15) is 18.4 Å². The van der Waals surface area contributed by atoms with E-state index < -0.39 is 23.1 Å². The van der Waals surface area contributed by atoms with E-state index in [-0.39, 0.29) is 17.8 Å². The summed E-state index contributed by atoms with van der Waals surface area (Å²) in [6.45, 7) is 0.586. The quantitative estimate of drug-likeness (QED) is 0.790. The maximum Gasteiger partial charge on any atom is 0.256 e. The zero-order chi connectivity index (χ0) is 19.9. The number of methoxy groups -OCH3 is 1. The SMILES string of the molecule is COc1ccc2c(c1)OC1(CCN(C(=O)c3cc(F)ccc3F)CC1)CC2=O. The molecule has 0 aliphatic carbocycles. The van der Waals surface area contributed by atoms with E-state index in [1.54, 1.807) is 18.2 Å². The number of ether oxygens (including phenoxy) is 2. The summed E-state index contributed by atoms with van der Waals surface area (Å²) in [5.41, 5.74) is -0.466. The first-order chi connectivity index (χ1) is 13.4. The van der Waals surface area contributed by atoms with Crippen molar-refractivity contribution in [1.29, 1.82) is 0 Å². The Morgan fingerprint density at radius 3 is 2.61 bits per heavy atom. The molecule has 0 bridgehead atoms. The van der Waals surface area contributed by atoms with Crippen LogP contribution in [0.3, 0.4) is 0 Å². The first-order valence-electron chi connectivity index (χ1n) is 9.05. The van der Waals surface area contributed by atoms with Crippen LogP contribution in [0.25, 0.3) is 0 Å². The second-order valence-electron chi connectivity index (χ2n) is 7.16. The summed E-state index contributed by atoms with van der Waals surface area (Å²) in [5.74, 6) is -0.915. The van der Waals surface area contributed by atoms with Gasteiger partial charge in [0.15, 0.2) is 5.78 Å². The molecule has 2 aromatic carbocycles. The average Bonchev–Trinajstić information content (AvgIpc) is 2.69. The van der Waals surface area contributed by atoms with Crippen molar-refractivity contribution in [3.05, 3.63) is 59.2 Å². The number of amides is 1. The van der Waals surface area contributed by atoms with Gasteiger partial charge in [0.05, 0.1) is 24.7 Å². The number of piperidine rings is 1. The summed E-state index contributed by atoms with van der Waals surface area (Å²) in [6.07, 6.45) is 1.08. The van der Waals surface area contributed by atoms with E-state index >= 15 is 0 Å². The lowest BCUT2D eigenvalue weighted by molar-refractivity contribution is -0.00591. The molecule has 1 spiro atoms. The van der Waals surface area contributed by atoms with Gasteiger partial charge < -0.3 is 14.4 Å². The lowest BCUT2D eigenvalue weighted by Crippen LogP contribution is -2.52. The first-order valence-corrected chi connectivity index (χ1v) is 9.05. The van der Waals surface area contributed by atoms with Crippen LogP contribution in [0.1, 0.15) is 40.0 Å². The third-order valence-corrected chi connectivity index (χ3v) is 5.42. The van der Waals surface area contributed by atoms with Crippen LogP contribution in [0.2, 0.25) is 0 Å². The average molecular weight is 387 g/mol. The highest BCUT2D eigenvalue weighted by molar-refractivity contribution is 6.00. The van der Waals surface area contributed by atoms with Crippen molar-refractivity contribution in [1.82, 2.24) is 4.90 Å². The second kappa shape index (κ2) is 6.89. The molecule has 2 aromatic rings. The molecule has 0 atom stereocenters. The van der Waals surface area contributed by atoms with Gasteiger partial charge >= 0.3 is 0 Å². The molecule has 1 fully saturated rings. The van der Waals surface area contributed by atoms with Crippen LogP contribution in [0.5, 0.6) is 11.5 Å². The van der Waals surface area contributed by atoms with E-state index in [1.165, 1.54) is 12.0 Å². The minimum absolute atomic E-state index is 0.0140. The Hall–Kier alpha value is -2.96. The predicted octanol–water partition coefficient (Wildman–Crippen LogP) is 3.61. The highest BCUT2D eigenvalue weighted by Crippen LogP contribution is 2.41. The molecule has 0 aromatic heterocycles. The van der Waals surface area contributed by atoms with Gasteiger partial charge in [0.1, 0.15) is 28.7 Å². The van der Waals surface area contributed by atoms with Gasteiger partial charge in [-0.25, -0.2) is 8.78 Å². The van der Waals surface area contributed by atoms with Crippen LogP contribution in [0.15, 0.2) is 36.4 Å². The van der Waals surface area contributed by atoms with Crippen LogP contribution < -0.4 is 9.47 Å². The van der Waals surface area contributed by atoms with Crippen molar-refractivity contribution in [3.8, 4) is 11.5 Å². The van der Waals surface area contributed by atoms with Crippen LogP contribution in [-0.2, 0) is 0 Å².